The Balaban J connectivity index is 1.64. The lowest BCUT2D eigenvalue weighted by Gasteiger charge is -2.31. The average molecular weight is 376 g/mol. The fourth-order valence-corrected chi connectivity index (χ4v) is 3.85. The minimum absolute atomic E-state index is 0.120. The van der Waals surface area contributed by atoms with Gasteiger partial charge in [0.25, 0.3) is 5.91 Å². The van der Waals surface area contributed by atoms with Gasteiger partial charge >= 0.3 is 0 Å². The third-order valence-corrected chi connectivity index (χ3v) is 5.41. The van der Waals surface area contributed by atoms with E-state index in [1.54, 1.807) is 0 Å². The van der Waals surface area contributed by atoms with Crippen LogP contribution in [-0.4, -0.2) is 40.0 Å². The van der Waals surface area contributed by atoms with Gasteiger partial charge in [-0.3, -0.25) is 9.59 Å². The molecule has 2 amide bonds. The van der Waals surface area contributed by atoms with E-state index in [4.69, 9.17) is 0 Å². The van der Waals surface area contributed by atoms with Crippen LogP contribution in [0.5, 0.6) is 0 Å². The molecular weight excluding hydrogens is 355 g/mol. The van der Waals surface area contributed by atoms with Crippen LogP contribution in [0.3, 0.4) is 0 Å². The summed E-state index contributed by atoms with van der Waals surface area (Å²) in [5.41, 5.74) is 0.502. The zero-order valence-electron chi connectivity index (χ0n) is 14.6. The van der Waals surface area contributed by atoms with Gasteiger partial charge in [0.05, 0.1) is 0 Å². The molecule has 8 heteroatoms. The number of nitrogens with zero attached hydrogens (tertiary/aromatic N) is 3. The number of benzene rings is 1. The molecule has 6 nitrogen and oxygen atoms in total. The first-order valence-electron chi connectivity index (χ1n) is 8.75. The molecule has 26 heavy (non-hydrogen) atoms. The third-order valence-electron chi connectivity index (χ3n) is 4.32. The number of carbonyl (C=O) groups excluding carboxylic acids is 2. The predicted octanol–water partition coefficient (Wildman–Crippen LogP) is 3.44. The SMILES string of the molecule is CCCC(=O)N1CCC[C@@H](c2nnc(C(=O)Nc3ccc(F)cc3)s2)C1. The van der Waals surface area contributed by atoms with Gasteiger partial charge in [0.1, 0.15) is 10.8 Å². The Morgan fingerprint density at radius 2 is 2.08 bits per heavy atom. The molecule has 1 aliphatic rings. The Labute approximate surface area is 155 Å². The van der Waals surface area contributed by atoms with Crippen molar-refractivity contribution in [2.45, 2.75) is 38.5 Å². The Hall–Kier alpha value is -2.35. The number of anilines is 1. The fraction of sp³-hybridized carbons (Fsp3) is 0.444. The second kappa shape index (κ2) is 8.35. The third kappa shape index (κ3) is 4.43. The van der Waals surface area contributed by atoms with Crippen molar-refractivity contribution < 1.29 is 14.0 Å². The predicted molar refractivity (Wildman–Crippen MR) is 97.7 cm³/mol. The van der Waals surface area contributed by atoms with E-state index in [1.807, 2.05) is 11.8 Å². The quantitative estimate of drug-likeness (QED) is 0.867. The number of halogens is 1. The van der Waals surface area contributed by atoms with Crippen LogP contribution in [0.4, 0.5) is 10.1 Å². The zero-order chi connectivity index (χ0) is 18.5. The fourth-order valence-electron chi connectivity index (χ4n) is 2.99. The van der Waals surface area contributed by atoms with Crippen molar-refractivity contribution in [3.63, 3.8) is 0 Å². The molecule has 1 saturated heterocycles. The molecule has 3 rings (SSSR count). The number of amides is 2. The Morgan fingerprint density at radius 3 is 2.81 bits per heavy atom. The summed E-state index contributed by atoms with van der Waals surface area (Å²) in [6.45, 7) is 3.41. The lowest BCUT2D eigenvalue weighted by Crippen LogP contribution is -2.38. The van der Waals surface area contributed by atoms with E-state index in [-0.39, 0.29) is 28.6 Å². The van der Waals surface area contributed by atoms with E-state index < -0.39 is 0 Å². The molecule has 2 heterocycles. The van der Waals surface area contributed by atoms with Crippen LogP contribution in [-0.2, 0) is 4.79 Å². The van der Waals surface area contributed by atoms with Crippen LogP contribution < -0.4 is 5.32 Å². The summed E-state index contributed by atoms with van der Waals surface area (Å²) >= 11 is 1.25. The largest absolute Gasteiger partial charge is 0.342 e. The second-order valence-corrected chi connectivity index (χ2v) is 7.34. The van der Waals surface area contributed by atoms with Gasteiger partial charge in [0.2, 0.25) is 10.9 Å². The summed E-state index contributed by atoms with van der Waals surface area (Å²) in [6.07, 6.45) is 3.27. The number of likely N-dealkylation sites (tertiary alicyclic amines) is 1. The van der Waals surface area contributed by atoms with Gasteiger partial charge in [0.15, 0.2) is 0 Å². The minimum atomic E-state index is -0.366. The normalized spacial score (nSPS) is 17.2. The van der Waals surface area contributed by atoms with Crippen molar-refractivity contribution in [2.75, 3.05) is 18.4 Å². The molecule has 1 aromatic heterocycles. The molecule has 0 aliphatic carbocycles. The summed E-state index contributed by atoms with van der Waals surface area (Å²) in [7, 11) is 0. The van der Waals surface area contributed by atoms with Crippen LogP contribution in [0.15, 0.2) is 24.3 Å². The molecule has 1 fully saturated rings. The van der Waals surface area contributed by atoms with Crippen molar-refractivity contribution in [1.82, 2.24) is 15.1 Å². The number of carbonyl (C=O) groups is 2. The van der Waals surface area contributed by atoms with Gasteiger partial charge in [-0.1, -0.05) is 18.3 Å². The number of nitrogens with one attached hydrogen (secondary N) is 1. The van der Waals surface area contributed by atoms with E-state index in [2.05, 4.69) is 15.5 Å². The van der Waals surface area contributed by atoms with Gasteiger partial charge < -0.3 is 10.2 Å². The van der Waals surface area contributed by atoms with Crippen molar-refractivity contribution in [3.05, 3.63) is 40.1 Å². The van der Waals surface area contributed by atoms with Crippen LogP contribution in [0, 0.1) is 5.82 Å². The first kappa shape index (κ1) is 18.4. The molecule has 0 unspecified atom stereocenters. The van der Waals surface area contributed by atoms with Crippen LogP contribution in [0.2, 0.25) is 0 Å². The standard InChI is InChI=1S/C18H21FN4O2S/c1-2-4-15(24)23-10-3-5-12(11-23)17-21-22-18(26-17)16(25)20-14-8-6-13(19)7-9-14/h6-9,12H,2-5,10-11H2,1H3,(H,20,25)/t12-/m1/s1. The molecule has 1 aliphatic heterocycles. The number of piperidine rings is 1. The van der Waals surface area contributed by atoms with Crippen molar-refractivity contribution >= 4 is 28.8 Å². The van der Waals surface area contributed by atoms with E-state index in [1.165, 1.54) is 35.6 Å². The molecule has 1 atom stereocenters. The summed E-state index contributed by atoms with van der Waals surface area (Å²) in [5, 5.41) is 11.9. The molecule has 0 bridgehead atoms. The highest BCUT2D eigenvalue weighted by molar-refractivity contribution is 7.13. The highest BCUT2D eigenvalue weighted by atomic mass is 32.1. The van der Waals surface area contributed by atoms with Crippen molar-refractivity contribution in [2.24, 2.45) is 0 Å². The summed E-state index contributed by atoms with van der Waals surface area (Å²) < 4.78 is 12.9. The number of rotatable bonds is 5. The van der Waals surface area contributed by atoms with Crippen molar-refractivity contribution in [1.29, 1.82) is 0 Å². The maximum absolute atomic E-state index is 12.9. The average Bonchev–Trinajstić information content (AvgIpc) is 3.14. The molecule has 1 N–H and O–H groups in total. The maximum atomic E-state index is 12.9. The smallest absolute Gasteiger partial charge is 0.286 e. The first-order chi connectivity index (χ1) is 12.6. The molecule has 2 aromatic rings. The number of hydrogen-bond acceptors (Lipinski definition) is 5. The van der Waals surface area contributed by atoms with E-state index in [0.717, 1.165) is 30.8 Å². The lowest BCUT2D eigenvalue weighted by atomic mass is 9.98. The van der Waals surface area contributed by atoms with Gasteiger partial charge in [-0.25, -0.2) is 4.39 Å². The Kier molecular flexibility index (Phi) is 5.92. The summed E-state index contributed by atoms with van der Waals surface area (Å²) in [6, 6.07) is 5.55. The monoisotopic (exact) mass is 376 g/mol. The summed E-state index contributed by atoms with van der Waals surface area (Å²) in [5.74, 6) is -0.429. The zero-order valence-corrected chi connectivity index (χ0v) is 15.4. The first-order valence-corrected chi connectivity index (χ1v) is 9.56. The Bertz CT molecular complexity index is 778. The topological polar surface area (TPSA) is 75.2 Å². The minimum Gasteiger partial charge on any atom is -0.342 e. The highest BCUT2D eigenvalue weighted by Crippen LogP contribution is 2.29. The number of hydrogen-bond donors (Lipinski definition) is 1. The molecule has 138 valence electrons. The van der Waals surface area contributed by atoms with Gasteiger partial charge in [-0.15, -0.1) is 10.2 Å². The number of aromatic nitrogens is 2. The van der Waals surface area contributed by atoms with Gasteiger partial charge in [-0.05, 0) is 43.5 Å². The van der Waals surface area contributed by atoms with Crippen LogP contribution in [0.1, 0.15) is 53.3 Å². The highest BCUT2D eigenvalue weighted by Gasteiger charge is 2.27. The van der Waals surface area contributed by atoms with Crippen LogP contribution >= 0.6 is 11.3 Å². The van der Waals surface area contributed by atoms with Crippen molar-refractivity contribution in [3.8, 4) is 0 Å². The Morgan fingerprint density at radius 1 is 1.31 bits per heavy atom. The lowest BCUT2D eigenvalue weighted by molar-refractivity contribution is -0.132. The van der Waals surface area contributed by atoms with Crippen LogP contribution in [0.25, 0.3) is 0 Å². The van der Waals surface area contributed by atoms with Gasteiger partial charge in [0, 0.05) is 31.1 Å². The molecule has 0 spiro atoms. The molecule has 0 radical (unpaired) electrons. The van der Waals surface area contributed by atoms with E-state index in [0.29, 0.717) is 18.7 Å². The summed E-state index contributed by atoms with van der Waals surface area (Å²) in [4.78, 5) is 26.3. The maximum Gasteiger partial charge on any atom is 0.286 e. The molecular formula is C18H21FN4O2S. The molecule has 1 aromatic carbocycles. The molecule has 0 saturated carbocycles. The van der Waals surface area contributed by atoms with Gasteiger partial charge in [-0.2, -0.15) is 0 Å². The second-order valence-electron chi connectivity index (χ2n) is 6.34. The van der Waals surface area contributed by atoms with E-state index >= 15 is 0 Å². The van der Waals surface area contributed by atoms with E-state index in [9.17, 15) is 14.0 Å².